The second-order valence-electron chi connectivity index (χ2n) is 3.08. The molecule has 0 aromatic heterocycles. The second-order valence-corrected chi connectivity index (χ2v) is 3.35. The number of alkyl halides is 1. The quantitative estimate of drug-likeness (QED) is 0.460. The normalized spacial score (nSPS) is 11.6. The van der Waals surface area contributed by atoms with Gasteiger partial charge in [-0.25, -0.2) is 0 Å². The Balaban J connectivity index is 3.09. The third-order valence-electron chi connectivity index (χ3n) is 1.86. The van der Waals surface area contributed by atoms with Gasteiger partial charge in [-0.3, -0.25) is 10.1 Å². The molecule has 1 unspecified atom stereocenters. The van der Waals surface area contributed by atoms with E-state index >= 15 is 0 Å². The van der Waals surface area contributed by atoms with Gasteiger partial charge in [0.05, 0.1) is 4.92 Å². The van der Waals surface area contributed by atoms with Crippen molar-refractivity contribution < 1.29 is 9.66 Å². The lowest BCUT2D eigenvalue weighted by Gasteiger charge is -2.08. The van der Waals surface area contributed by atoms with Crippen LogP contribution in [0.5, 0.6) is 5.75 Å². The Bertz CT molecular complexity index is 442. The zero-order valence-corrected chi connectivity index (χ0v) is 9.27. The summed E-state index contributed by atoms with van der Waals surface area (Å²) in [5.74, 6) is 0.266. The van der Waals surface area contributed by atoms with Crippen molar-refractivity contribution in [2.75, 3.05) is 0 Å². The Morgan fingerprint density at radius 3 is 2.88 bits per heavy atom. The minimum atomic E-state index is -0.736. The maximum absolute atomic E-state index is 10.8. The standard InChI is InChI=1S/C10H9ClN2O3/c1-7(6-12)16-10-3-2-8(5-11)4-9(10)13(14)15/h2-4,7H,5H2,1H3. The summed E-state index contributed by atoms with van der Waals surface area (Å²) in [5.41, 5.74) is 0.450. The molecule has 0 fully saturated rings. The first-order valence-corrected chi connectivity index (χ1v) is 5.01. The van der Waals surface area contributed by atoms with E-state index in [4.69, 9.17) is 21.6 Å². The molecule has 84 valence electrons. The fourth-order valence-electron chi connectivity index (χ4n) is 1.11. The number of hydrogen-bond donors (Lipinski definition) is 0. The van der Waals surface area contributed by atoms with Crippen LogP contribution in [0.4, 0.5) is 5.69 Å². The highest BCUT2D eigenvalue weighted by Gasteiger charge is 2.17. The van der Waals surface area contributed by atoms with Crippen LogP contribution in [-0.4, -0.2) is 11.0 Å². The van der Waals surface area contributed by atoms with Crippen molar-refractivity contribution >= 4 is 17.3 Å². The van der Waals surface area contributed by atoms with E-state index in [1.165, 1.54) is 19.1 Å². The third-order valence-corrected chi connectivity index (χ3v) is 2.17. The van der Waals surface area contributed by atoms with E-state index in [0.29, 0.717) is 5.56 Å². The molecule has 1 atom stereocenters. The van der Waals surface area contributed by atoms with E-state index in [1.54, 1.807) is 6.07 Å². The molecule has 1 aromatic carbocycles. The first-order valence-electron chi connectivity index (χ1n) is 4.48. The predicted molar refractivity (Wildman–Crippen MR) is 58.4 cm³/mol. The van der Waals surface area contributed by atoms with E-state index in [0.717, 1.165) is 0 Å². The van der Waals surface area contributed by atoms with Crippen molar-refractivity contribution in [2.45, 2.75) is 18.9 Å². The molecule has 1 aromatic rings. The number of ether oxygens (including phenoxy) is 1. The van der Waals surface area contributed by atoms with Crippen LogP contribution in [-0.2, 0) is 5.88 Å². The van der Waals surface area contributed by atoms with Crippen molar-refractivity contribution in [2.24, 2.45) is 0 Å². The molecule has 0 saturated heterocycles. The zero-order chi connectivity index (χ0) is 12.1. The molecular formula is C10H9ClN2O3. The van der Waals surface area contributed by atoms with Crippen LogP contribution < -0.4 is 4.74 Å². The Morgan fingerprint density at radius 2 is 2.38 bits per heavy atom. The first kappa shape index (κ1) is 12.3. The summed E-state index contributed by atoms with van der Waals surface area (Å²) in [7, 11) is 0. The lowest BCUT2D eigenvalue weighted by atomic mass is 10.2. The highest BCUT2D eigenvalue weighted by Crippen LogP contribution is 2.29. The molecule has 0 bridgehead atoms. The Kier molecular flexibility index (Phi) is 4.09. The van der Waals surface area contributed by atoms with E-state index in [-0.39, 0.29) is 17.3 Å². The number of nitro benzene ring substituents is 1. The van der Waals surface area contributed by atoms with E-state index in [1.807, 2.05) is 6.07 Å². The molecule has 1 rings (SSSR count). The predicted octanol–water partition coefficient (Wildman–Crippen LogP) is 2.62. The summed E-state index contributed by atoms with van der Waals surface area (Å²) < 4.78 is 5.11. The van der Waals surface area contributed by atoms with E-state index in [2.05, 4.69) is 0 Å². The van der Waals surface area contributed by atoms with Crippen molar-refractivity contribution in [3.63, 3.8) is 0 Å². The van der Waals surface area contributed by atoms with Crippen LogP contribution in [0.25, 0.3) is 0 Å². The van der Waals surface area contributed by atoms with Gasteiger partial charge in [0, 0.05) is 11.9 Å². The number of rotatable bonds is 4. The van der Waals surface area contributed by atoms with Gasteiger partial charge in [-0.1, -0.05) is 6.07 Å². The Labute approximate surface area is 97.4 Å². The molecule has 0 aliphatic rings. The number of hydrogen-bond acceptors (Lipinski definition) is 4. The van der Waals surface area contributed by atoms with E-state index in [9.17, 15) is 10.1 Å². The molecule has 6 heteroatoms. The van der Waals surface area contributed by atoms with Crippen LogP contribution >= 0.6 is 11.6 Å². The molecule has 0 heterocycles. The van der Waals surface area contributed by atoms with Gasteiger partial charge in [0.15, 0.2) is 11.9 Å². The maximum atomic E-state index is 10.8. The topological polar surface area (TPSA) is 76.2 Å². The van der Waals surface area contributed by atoms with Gasteiger partial charge in [-0.2, -0.15) is 5.26 Å². The summed E-state index contributed by atoms with van der Waals surface area (Å²) in [6.07, 6.45) is -0.736. The van der Waals surface area contributed by atoms with Gasteiger partial charge in [0.2, 0.25) is 0 Å². The van der Waals surface area contributed by atoms with Crippen molar-refractivity contribution in [1.29, 1.82) is 5.26 Å². The molecule has 0 N–H and O–H groups in total. The minimum absolute atomic E-state index is 0.0768. The summed E-state index contributed by atoms with van der Waals surface area (Å²) in [4.78, 5) is 10.2. The molecule has 0 aliphatic carbocycles. The summed E-state index contributed by atoms with van der Waals surface area (Å²) in [6.45, 7) is 1.51. The van der Waals surface area contributed by atoms with Gasteiger partial charge in [0.1, 0.15) is 6.07 Å². The molecule has 0 radical (unpaired) electrons. The van der Waals surface area contributed by atoms with Gasteiger partial charge in [-0.15, -0.1) is 11.6 Å². The van der Waals surface area contributed by atoms with Crippen LogP contribution in [0.2, 0.25) is 0 Å². The Hall–Kier alpha value is -1.80. The average Bonchev–Trinajstić information content (AvgIpc) is 2.29. The van der Waals surface area contributed by atoms with Gasteiger partial charge >= 0.3 is 5.69 Å². The molecule has 0 amide bonds. The summed E-state index contributed by atoms with van der Waals surface area (Å²) in [5, 5.41) is 19.3. The molecule has 16 heavy (non-hydrogen) atoms. The number of nitrogens with zero attached hydrogens (tertiary/aromatic N) is 2. The molecule has 5 nitrogen and oxygen atoms in total. The fraction of sp³-hybridized carbons (Fsp3) is 0.300. The molecule has 0 spiro atoms. The van der Waals surface area contributed by atoms with Crippen LogP contribution in [0.3, 0.4) is 0 Å². The SMILES string of the molecule is CC(C#N)Oc1ccc(CCl)cc1[N+](=O)[O-]. The highest BCUT2D eigenvalue weighted by molar-refractivity contribution is 6.17. The number of nitriles is 1. The minimum Gasteiger partial charge on any atom is -0.469 e. The molecule has 0 aliphatic heterocycles. The van der Waals surface area contributed by atoms with E-state index < -0.39 is 11.0 Å². The van der Waals surface area contributed by atoms with Gasteiger partial charge in [0.25, 0.3) is 0 Å². The number of halogens is 1. The maximum Gasteiger partial charge on any atom is 0.311 e. The Morgan fingerprint density at radius 1 is 1.69 bits per heavy atom. The number of benzene rings is 1. The largest absolute Gasteiger partial charge is 0.469 e. The zero-order valence-electron chi connectivity index (χ0n) is 8.51. The monoisotopic (exact) mass is 240 g/mol. The lowest BCUT2D eigenvalue weighted by Crippen LogP contribution is -2.09. The van der Waals surface area contributed by atoms with Crippen molar-refractivity contribution in [1.82, 2.24) is 0 Å². The van der Waals surface area contributed by atoms with Gasteiger partial charge < -0.3 is 4.74 Å². The van der Waals surface area contributed by atoms with Crippen molar-refractivity contribution in [3.8, 4) is 11.8 Å². The summed E-state index contributed by atoms with van der Waals surface area (Å²) >= 11 is 5.57. The second kappa shape index (κ2) is 5.33. The van der Waals surface area contributed by atoms with Crippen LogP contribution in [0, 0.1) is 21.4 Å². The molecular weight excluding hydrogens is 232 g/mol. The van der Waals surface area contributed by atoms with Crippen LogP contribution in [0.15, 0.2) is 18.2 Å². The molecule has 0 saturated carbocycles. The third kappa shape index (κ3) is 2.84. The summed E-state index contributed by atoms with van der Waals surface area (Å²) in [6, 6.07) is 6.25. The van der Waals surface area contributed by atoms with Crippen LogP contribution in [0.1, 0.15) is 12.5 Å². The average molecular weight is 241 g/mol. The highest BCUT2D eigenvalue weighted by atomic mass is 35.5. The lowest BCUT2D eigenvalue weighted by molar-refractivity contribution is -0.386. The first-order chi connectivity index (χ1) is 7.58. The van der Waals surface area contributed by atoms with Gasteiger partial charge in [-0.05, 0) is 18.6 Å². The fourth-order valence-corrected chi connectivity index (χ4v) is 1.27. The van der Waals surface area contributed by atoms with Crippen molar-refractivity contribution in [3.05, 3.63) is 33.9 Å². The smallest absolute Gasteiger partial charge is 0.311 e. The number of nitro groups is 1.